The molecule has 0 bridgehead atoms. The summed E-state index contributed by atoms with van der Waals surface area (Å²) in [5.74, 6) is 0.564. The second-order valence-corrected chi connectivity index (χ2v) is 7.32. The number of hydrogen-bond acceptors (Lipinski definition) is 4. The molecule has 0 saturated carbocycles. The van der Waals surface area contributed by atoms with Crippen LogP contribution in [-0.4, -0.2) is 56.7 Å². The second-order valence-electron chi connectivity index (χ2n) is 6.29. The summed E-state index contributed by atoms with van der Waals surface area (Å²) >= 11 is 1.70. The number of nitrogens with one attached hydrogen (secondary N) is 2. The Bertz CT molecular complexity index is 728. The Hall–Kier alpha value is -2.38. The molecule has 1 aliphatic heterocycles. The van der Waals surface area contributed by atoms with Crippen LogP contribution in [-0.2, 0) is 16.1 Å². The minimum Gasteiger partial charge on any atom is -0.378 e. The van der Waals surface area contributed by atoms with Gasteiger partial charge in [0.1, 0.15) is 0 Å². The number of aliphatic imine (C=N–C) groups is 1. The van der Waals surface area contributed by atoms with E-state index in [0.29, 0.717) is 45.4 Å². The lowest BCUT2D eigenvalue weighted by atomic mass is 9.97. The lowest BCUT2D eigenvalue weighted by molar-refractivity contribution is -0.136. The van der Waals surface area contributed by atoms with Gasteiger partial charge in [-0.15, -0.1) is 11.3 Å². The molecule has 1 unspecified atom stereocenters. The average molecular weight is 387 g/mol. The second kappa shape index (κ2) is 10.1. The molecular formula is C20H26N4O2S. The molecule has 2 N–H and O–H groups in total. The molecule has 1 aliphatic rings. The topological polar surface area (TPSA) is 66.0 Å². The fourth-order valence-electron chi connectivity index (χ4n) is 3.04. The van der Waals surface area contributed by atoms with Crippen molar-refractivity contribution >= 4 is 23.2 Å². The number of rotatable bonds is 6. The van der Waals surface area contributed by atoms with Gasteiger partial charge >= 0.3 is 0 Å². The van der Waals surface area contributed by atoms with Crippen LogP contribution in [0.3, 0.4) is 0 Å². The van der Waals surface area contributed by atoms with Crippen LogP contribution in [0.4, 0.5) is 0 Å². The van der Waals surface area contributed by atoms with E-state index in [1.165, 1.54) is 4.88 Å². The number of benzene rings is 1. The summed E-state index contributed by atoms with van der Waals surface area (Å²) in [6.45, 7) is 3.70. The fraction of sp³-hybridized carbons (Fsp3) is 0.400. The summed E-state index contributed by atoms with van der Waals surface area (Å²) < 4.78 is 5.38. The van der Waals surface area contributed by atoms with E-state index < -0.39 is 0 Å². The van der Waals surface area contributed by atoms with Crippen molar-refractivity contribution in [3.63, 3.8) is 0 Å². The van der Waals surface area contributed by atoms with Gasteiger partial charge in [-0.3, -0.25) is 9.79 Å². The summed E-state index contributed by atoms with van der Waals surface area (Å²) in [6.07, 6.45) is 0. The molecule has 1 aromatic carbocycles. The Balaban J connectivity index is 1.64. The first kappa shape index (κ1) is 19.4. The third-order valence-electron chi connectivity index (χ3n) is 4.53. The quantitative estimate of drug-likeness (QED) is 0.589. The van der Waals surface area contributed by atoms with Gasteiger partial charge in [-0.05, 0) is 17.0 Å². The van der Waals surface area contributed by atoms with Gasteiger partial charge in [0.15, 0.2) is 5.96 Å². The summed E-state index contributed by atoms with van der Waals surface area (Å²) in [6, 6.07) is 14.0. The van der Waals surface area contributed by atoms with Gasteiger partial charge in [-0.25, -0.2) is 0 Å². The van der Waals surface area contributed by atoms with Crippen LogP contribution in [0.15, 0.2) is 52.8 Å². The lowest BCUT2D eigenvalue weighted by Crippen LogP contribution is -2.47. The Morgan fingerprint density at radius 1 is 1.19 bits per heavy atom. The molecular weight excluding hydrogens is 360 g/mol. The molecule has 1 aromatic heterocycles. The van der Waals surface area contributed by atoms with Crippen molar-refractivity contribution in [2.45, 2.75) is 12.5 Å². The first-order chi connectivity index (χ1) is 13.3. The minimum atomic E-state index is -0.260. The van der Waals surface area contributed by atoms with E-state index in [1.807, 2.05) is 41.3 Å². The predicted octanol–water partition coefficient (Wildman–Crippen LogP) is 2.06. The number of carbonyl (C=O) groups excluding carboxylic acids is 1. The van der Waals surface area contributed by atoms with E-state index in [0.717, 1.165) is 5.56 Å². The number of thiophene rings is 1. The molecule has 0 aliphatic carbocycles. The molecule has 27 heavy (non-hydrogen) atoms. The van der Waals surface area contributed by atoms with Crippen molar-refractivity contribution in [2.24, 2.45) is 4.99 Å². The van der Waals surface area contributed by atoms with Crippen LogP contribution in [0.25, 0.3) is 0 Å². The highest BCUT2D eigenvalue weighted by Gasteiger charge is 2.27. The molecule has 0 radical (unpaired) electrons. The molecule has 144 valence electrons. The number of hydrogen-bond donors (Lipinski definition) is 2. The van der Waals surface area contributed by atoms with Gasteiger partial charge in [-0.2, -0.15) is 0 Å². The maximum Gasteiger partial charge on any atom is 0.232 e. The van der Waals surface area contributed by atoms with Crippen molar-refractivity contribution in [3.05, 3.63) is 58.3 Å². The van der Waals surface area contributed by atoms with Crippen LogP contribution < -0.4 is 10.6 Å². The summed E-state index contributed by atoms with van der Waals surface area (Å²) in [5, 5.41) is 8.67. The van der Waals surface area contributed by atoms with Crippen molar-refractivity contribution in [3.8, 4) is 0 Å². The zero-order valence-electron chi connectivity index (χ0n) is 15.6. The molecule has 7 heteroatoms. The van der Waals surface area contributed by atoms with E-state index >= 15 is 0 Å². The number of nitrogens with zero attached hydrogens (tertiary/aromatic N) is 2. The molecule has 1 fully saturated rings. The highest BCUT2D eigenvalue weighted by atomic mass is 32.1. The Morgan fingerprint density at radius 3 is 2.63 bits per heavy atom. The molecule has 2 heterocycles. The lowest BCUT2D eigenvalue weighted by Gasteiger charge is -2.31. The highest BCUT2D eigenvalue weighted by Crippen LogP contribution is 2.19. The van der Waals surface area contributed by atoms with Crippen molar-refractivity contribution in [2.75, 3.05) is 39.9 Å². The third-order valence-corrected chi connectivity index (χ3v) is 5.41. The number of amides is 1. The van der Waals surface area contributed by atoms with Crippen LogP contribution in [0, 0.1) is 0 Å². The van der Waals surface area contributed by atoms with E-state index in [4.69, 9.17) is 4.74 Å². The Labute approximate surface area is 164 Å². The van der Waals surface area contributed by atoms with Gasteiger partial charge in [0.2, 0.25) is 5.91 Å². The molecule has 1 atom stereocenters. The van der Waals surface area contributed by atoms with Crippen molar-refractivity contribution in [1.82, 2.24) is 15.5 Å². The standard InChI is InChI=1S/C20H26N4O2S/c1-21-20(22-14-17-8-5-13-27-17)23-15-18(16-6-3-2-4-7-16)19(25)24-9-11-26-12-10-24/h2-8,13,18H,9-12,14-15H2,1H3,(H2,21,22,23). The van der Waals surface area contributed by atoms with Gasteiger partial charge < -0.3 is 20.3 Å². The fourth-order valence-corrected chi connectivity index (χ4v) is 3.69. The van der Waals surface area contributed by atoms with Crippen molar-refractivity contribution < 1.29 is 9.53 Å². The molecule has 0 spiro atoms. The van der Waals surface area contributed by atoms with Crippen LogP contribution in [0.1, 0.15) is 16.4 Å². The van der Waals surface area contributed by atoms with Crippen LogP contribution >= 0.6 is 11.3 Å². The maximum absolute atomic E-state index is 13.1. The molecule has 3 rings (SSSR count). The number of carbonyl (C=O) groups is 1. The third kappa shape index (κ3) is 5.55. The average Bonchev–Trinajstić information content (AvgIpc) is 3.25. The first-order valence-electron chi connectivity index (χ1n) is 9.16. The monoisotopic (exact) mass is 386 g/mol. The maximum atomic E-state index is 13.1. The van der Waals surface area contributed by atoms with E-state index in [1.54, 1.807) is 18.4 Å². The van der Waals surface area contributed by atoms with Gasteiger partial charge in [0.25, 0.3) is 0 Å². The summed E-state index contributed by atoms with van der Waals surface area (Å²) in [7, 11) is 1.74. The smallest absolute Gasteiger partial charge is 0.232 e. The normalized spacial score (nSPS) is 16.0. The number of ether oxygens (including phenoxy) is 1. The van der Waals surface area contributed by atoms with Gasteiger partial charge in [-0.1, -0.05) is 36.4 Å². The van der Waals surface area contributed by atoms with E-state index in [2.05, 4.69) is 27.1 Å². The summed E-state index contributed by atoms with van der Waals surface area (Å²) in [5.41, 5.74) is 1.01. The Morgan fingerprint density at radius 2 is 1.96 bits per heavy atom. The minimum absolute atomic E-state index is 0.130. The summed E-state index contributed by atoms with van der Waals surface area (Å²) in [4.78, 5) is 20.5. The molecule has 1 amide bonds. The SMILES string of the molecule is CN=C(NCc1cccs1)NCC(C(=O)N1CCOCC1)c1ccccc1. The molecule has 1 saturated heterocycles. The first-order valence-corrected chi connectivity index (χ1v) is 10.0. The largest absolute Gasteiger partial charge is 0.378 e. The number of guanidine groups is 1. The van der Waals surface area contributed by atoms with Crippen LogP contribution in [0.2, 0.25) is 0 Å². The molecule has 6 nitrogen and oxygen atoms in total. The number of morpholine rings is 1. The molecule has 2 aromatic rings. The highest BCUT2D eigenvalue weighted by molar-refractivity contribution is 7.09. The zero-order valence-corrected chi connectivity index (χ0v) is 16.4. The van der Waals surface area contributed by atoms with E-state index in [9.17, 15) is 4.79 Å². The van der Waals surface area contributed by atoms with Crippen LogP contribution in [0.5, 0.6) is 0 Å². The van der Waals surface area contributed by atoms with Gasteiger partial charge in [0, 0.05) is 31.6 Å². The zero-order chi connectivity index (χ0) is 18.9. The Kier molecular flexibility index (Phi) is 7.24. The van der Waals surface area contributed by atoms with Gasteiger partial charge in [0.05, 0.1) is 25.7 Å². The predicted molar refractivity (Wildman–Crippen MR) is 109 cm³/mol. The van der Waals surface area contributed by atoms with Crippen molar-refractivity contribution in [1.29, 1.82) is 0 Å². The van der Waals surface area contributed by atoms with E-state index in [-0.39, 0.29) is 11.8 Å².